The van der Waals surface area contributed by atoms with Gasteiger partial charge < -0.3 is 9.73 Å². The second-order valence-electron chi connectivity index (χ2n) is 2.07. The quantitative estimate of drug-likeness (QED) is 0.678. The molecule has 1 aromatic rings. The summed E-state index contributed by atoms with van der Waals surface area (Å²) in [5.41, 5.74) is 0. The smallest absolute Gasteiger partial charge is 0.169 e. The van der Waals surface area contributed by atoms with E-state index in [-0.39, 0.29) is 0 Å². The van der Waals surface area contributed by atoms with E-state index in [9.17, 15) is 0 Å². The van der Waals surface area contributed by atoms with Gasteiger partial charge in [0.2, 0.25) is 0 Å². The Hall–Kier alpha value is 0.200. The molecule has 1 rings (SSSR count). The van der Waals surface area contributed by atoms with Crippen LogP contribution in [0, 0.1) is 0 Å². The molecule has 0 atom stereocenters. The lowest BCUT2D eigenvalue weighted by molar-refractivity contribution is 0.470. The molecule has 0 aliphatic rings. The molecule has 11 heavy (non-hydrogen) atoms. The lowest BCUT2D eigenvalue weighted by atomic mass is 10.4. The molecule has 0 aliphatic heterocycles. The van der Waals surface area contributed by atoms with E-state index in [2.05, 4.69) is 37.2 Å². The van der Waals surface area contributed by atoms with Gasteiger partial charge in [-0.25, -0.2) is 0 Å². The SMILES string of the molecule is BrCCNCc1ccc(Br)o1. The average molecular weight is 283 g/mol. The molecule has 0 bridgehead atoms. The maximum absolute atomic E-state index is 5.27. The summed E-state index contributed by atoms with van der Waals surface area (Å²) in [7, 11) is 0. The van der Waals surface area contributed by atoms with Crippen LogP contribution in [0.5, 0.6) is 0 Å². The summed E-state index contributed by atoms with van der Waals surface area (Å²) >= 11 is 6.56. The largest absolute Gasteiger partial charge is 0.453 e. The average Bonchev–Trinajstić information content (AvgIpc) is 2.37. The topological polar surface area (TPSA) is 25.2 Å². The Labute approximate surface area is 82.6 Å². The Morgan fingerprint density at radius 3 is 2.82 bits per heavy atom. The number of nitrogens with one attached hydrogen (secondary N) is 1. The van der Waals surface area contributed by atoms with E-state index in [1.165, 1.54) is 0 Å². The fourth-order valence-corrected chi connectivity index (χ4v) is 1.35. The molecule has 0 spiro atoms. The maximum Gasteiger partial charge on any atom is 0.169 e. The first-order valence-electron chi connectivity index (χ1n) is 3.34. The highest BCUT2D eigenvalue weighted by Crippen LogP contribution is 2.13. The summed E-state index contributed by atoms with van der Waals surface area (Å²) < 4.78 is 6.05. The van der Waals surface area contributed by atoms with Crippen LogP contribution >= 0.6 is 31.9 Å². The third kappa shape index (κ3) is 3.40. The van der Waals surface area contributed by atoms with Crippen LogP contribution in [0.15, 0.2) is 21.2 Å². The van der Waals surface area contributed by atoms with Crippen molar-refractivity contribution < 1.29 is 4.42 Å². The van der Waals surface area contributed by atoms with E-state index in [1.54, 1.807) is 0 Å². The molecular formula is C7H9Br2NO. The van der Waals surface area contributed by atoms with Crippen LogP contribution in [-0.2, 0) is 6.54 Å². The van der Waals surface area contributed by atoms with E-state index >= 15 is 0 Å². The number of furan rings is 1. The van der Waals surface area contributed by atoms with Gasteiger partial charge in [0.05, 0.1) is 6.54 Å². The second-order valence-corrected chi connectivity index (χ2v) is 3.65. The van der Waals surface area contributed by atoms with E-state index in [4.69, 9.17) is 4.42 Å². The summed E-state index contributed by atoms with van der Waals surface area (Å²) in [6.07, 6.45) is 0. The molecule has 0 saturated carbocycles. The van der Waals surface area contributed by atoms with Crippen molar-refractivity contribution >= 4 is 31.9 Å². The van der Waals surface area contributed by atoms with Gasteiger partial charge in [-0.15, -0.1) is 0 Å². The van der Waals surface area contributed by atoms with Gasteiger partial charge in [0, 0.05) is 11.9 Å². The zero-order valence-corrected chi connectivity index (χ0v) is 9.11. The van der Waals surface area contributed by atoms with Crippen LogP contribution in [0.4, 0.5) is 0 Å². The maximum atomic E-state index is 5.27. The molecule has 4 heteroatoms. The molecule has 0 unspecified atom stereocenters. The molecule has 0 aliphatic carbocycles. The first-order chi connectivity index (χ1) is 5.33. The third-order valence-electron chi connectivity index (χ3n) is 1.20. The Morgan fingerprint density at radius 1 is 1.45 bits per heavy atom. The highest BCUT2D eigenvalue weighted by atomic mass is 79.9. The minimum absolute atomic E-state index is 0.785. The number of alkyl halides is 1. The van der Waals surface area contributed by atoms with Gasteiger partial charge in [-0.1, -0.05) is 15.9 Å². The van der Waals surface area contributed by atoms with Crippen LogP contribution < -0.4 is 5.32 Å². The standard InChI is InChI=1S/C7H9Br2NO/c8-3-4-10-5-6-1-2-7(9)11-6/h1-2,10H,3-5H2. The van der Waals surface area contributed by atoms with E-state index in [1.807, 2.05) is 12.1 Å². The second kappa shape index (κ2) is 4.95. The Morgan fingerprint density at radius 2 is 2.27 bits per heavy atom. The first kappa shape index (κ1) is 9.29. The Bertz CT molecular complexity index is 212. The van der Waals surface area contributed by atoms with Crippen molar-refractivity contribution in [2.45, 2.75) is 6.54 Å². The summed E-state index contributed by atoms with van der Waals surface area (Å²) in [6.45, 7) is 1.75. The van der Waals surface area contributed by atoms with Gasteiger partial charge in [0.15, 0.2) is 4.67 Å². The van der Waals surface area contributed by atoms with Crippen molar-refractivity contribution in [1.82, 2.24) is 5.32 Å². The number of rotatable bonds is 4. The Balaban J connectivity index is 2.27. The summed E-state index contributed by atoms with van der Waals surface area (Å²) in [4.78, 5) is 0. The third-order valence-corrected chi connectivity index (χ3v) is 2.02. The fraction of sp³-hybridized carbons (Fsp3) is 0.429. The zero-order chi connectivity index (χ0) is 8.10. The van der Waals surface area contributed by atoms with Crippen molar-refractivity contribution in [2.75, 3.05) is 11.9 Å². The van der Waals surface area contributed by atoms with E-state index < -0.39 is 0 Å². The predicted octanol–water partition coefficient (Wildman–Crippen LogP) is 2.53. The van der Waals surface area contributed by atoms with Crippen molar-refractivity contribution in [3.63, 3.8) is 0 Å². The van der Waals surface area contributed by atoms with Gasteiger partial charge in [0.25, 0.3) is 0 Å². The highest BCUT2D eigenvalue weighted by Gasteiger charge is 1.96. The molecule has 0 saturated heterocycles. The molecule has 1 heterocycles. The zero-order valence-electron chi connectivity index (χ0n) is 5.94. The van der Waals surface area contributed by atoms with Gasteiger partial charge >= 0.3 is 0 Å². The molecular weight excluding hydrogens is 274 g/mol. The summed E-state index contributed by atoms with van der Waals surface area (Å²) in [5.74, 6) is 0.956. The van der Waals surface area contributed by atoms with Gasteiger partial charge in [-0.3, -0.25) is 0 Å². The molecule has 0 radical (unpaired) electrons. The minimum atomic E-state index is 0.785. The highest BCUT2D eigenvalue weighted by molar-refractivity contribution is 9.10. The predicted molar refractivity (Wildman–Crippen MR) is 51.9 cm³/mol. The van der Waals surface area contributed by atoms with E-state index in [0.717, 1.165) is 28.8 Å². The molecule has 0 aromatic carbocycles. The monoisotopic (exact) mass is 281 g/mol. The lowest BCUT2D eigenvalue weighted by Crippen LogP contribution is -2.14. The van der Waals surface area contributed by atoms with Crippen LogP contribution in [0.25, 0.3) is 0 Å². The van der Waals surface area contributed by atoms with Crippen molar-refractivity contribution in [2.24, 2.45) is 0 Å². The fourth-order valence-electron chi connectivity index (χ4n) is 0.725. The molecule has 0 amide bonds. The van der Waals surface area contributed by atoms with Crippen molar-refractivity contribution in [3.8, 4) is 0 Å². The van der Waals surface area contributed by atoms with Gasteiger partial charge in [-0.05, 0) is 28.1 Å². The Kier molecular flexibility index (Phi) is 4.18. The first-order valence-corrected chi connectivity index (χ1v) is 5.25. The van der Waals surface area contributed by atoms with Gasteiger partial charge in [-0.2, -0.15) is 0 Å². The van der Waals surface area contributed by atoms with Crippen LogP contribution in [0.1, 0.15) is 5.76 Å². The molecule has 62 valence electrons. The molecule has 1 N–H and O–H groups in total. The van der Waals surface area contributed by atoms with Crippen LogP contribution in [0.2, 0.25) is 0 Å². The minimum Gasteiger partial charge on any atom is -0.453 e. The van der Waals surface area contributed by atoms with Crippen LogP contribution in [0.3, 0.4) is 0 Å². The van der Waals surface area contributed by atoms with Crippen LogP contribution in [-0.4, -0.2) is 11.9 Å². The number of hydrogen-bond acceptors (Lipinski definition) is 2. The van der Waals surface area contributed by atoms with Gasteiger partial charge in [0.1, 0.15) is 5.76 Å². The molecule has 2 nitrogen and oxygen atoms in total. The van der Waals surface area contributed by atoms with Crippen molar-refractivity contribution in [3.05, 3.63) is 22.6 Å². The summed E-state index contributed by atoms with van der Waals surface area (Å²) in [6, 6.07) is 3.84. The number of halogens is 2. The molecule has 0 fully saturated rings. The summed E-state index contributed by atoms with van der Waals surface area (Å²) in [5, 5.41) is 4.17. The normalized spacial score (nSPS) is 10.4. The molecule has 1 aromatic heterocycles. The van der Waals surface area contributed by atoms with Crippen molar-refractivity contribution in [1.29, 1.82) is 0 Å². The van der Waals surface area contributed by atoms with E-state index in [0.29, 0.717) is 0 Å². The number of hydrogen-bond donors (Lipinski definition) is 1. The lowest BCUT2D eigenvalue weighted by Gasteiger charge is -1.97.